The molecule has 1 amide bonds. The third-order valence-corrected chi connectivity index (χ3v) is 4.39. The molecule has 0 aliphatic rings. The number of fused-ring (bicyclic) bond motifs is 1. The van der Waals surface area contributed by atoms with E-state index in [1.54, 1.807) is 6.21 Å². The number of ether oxygens (including phenoxy) is 1. The molecule has 0 atom stereocenters. The Labute approximate surface area is 153 Å². The highest BCUT2D eigenvalue weighted by atomic mass is 127. The monoisotopic (exact) mass is 430 g/mol. The standard InChI is InChI=1S/C19H15IN2O2/c20-17-10-4-2-7-15(17)12-21-22-19(23)13-24-18-11-5-8-14-6-1-3-9-16(14)18/h1-12H,13H2,(H,22,23)/b21-12+. The first-order chi connectivity index (χ1) is 11.7. The normalized spacial score (nSPS) is 10.9. The summed E-state index contributed by atoms with van der Waals surface area (Å²) in [6.45, 7) is -0.0861. The third-order valence-electron chi connectivity index (χ3n) is 3.41. The number of hydrogen-bond acceptors (Lipinski definition) is 3. The van der Waals surface area contributed by atoms with Gasteiger partial charge in [-0.2, -0.15) is 5.10 Å². The maximum atomic E-state index is 11.9. The SMILES string of the molecule is O=C(COc1cccc2ccccc12)N/N=C/c1ccccc1I. The molecule has 5 heteroatoms. The summed E-state index contributed by atoms with van der Waals surface area (Å²) in [6.07, 6.45) is 1.62. The van der Waals surface area contributed by atoms with Crippen LogP contribution in [0.15, 0.2) is 71.8 Å². The molecule has 0 heterocycles. The van der Waals surface area contributed by atoms with E-state index in [0.717, 1.165) is 19.9 Å². The summed E-state index contributed by atoms with van der Waals surface area (Å²) in [7, 11) is 0. The van der Waals surface area contributed by atoms with E-state index in [4.69, 9.17) is 4.74 Å². The van der Waals surface area contributed by atoms with E-state index in [0.29, 0.717) is 5.75 Å². The van der Waals surface area contributed by atoms with E-state index in [9.17, 15) is 4.79 Å². The van der Waals surface area contributed by atoms with Gasteiger partial charge in [0.05, 0.1) is 6.21 Å². The number of amides is 1. The Hall–Kier alpha value is -2.41. The van der Waals surface area contributed by atoms with Crippen LogP contribution in [0, 0.1) is 3.57 Å². The van der Waals surface area contributed by atoms with Gasteiger partial charge < -0.3 is 4.74 Å². The van der Waals surface area contributed by atoms with Gasteiger partial charge in [0.15, 0.2) is 6.61 Å². The molecule has 0 fully saturated rings. The number of nitrogens with one attached hydrogen (secondary N) is 1. The summed E-state index contributed by atoms with van der Waals surface area (Å²) in [5.41, 5.74) is 3.43. The van der Waals surface area contributed by atoms with E-state index < -0.39 is 0 Å². The Bertz CT molecular complexity index is 888. The van der Waals surface area contributed by atoms with Gasteiger partial charge in [0.25, 0.3) is 5.91 Å². The molecule has 3 rings (SSSR count). The molecule has 0 unspecified atom stereocenters. The summed E-state index contributed by atoms with van der Waals surface area (Å²) in [4.78, 5) is 11.9. The van der Waals surface area contributed by atoms with Gasteiger partial charge in [-0.25, -0.2) is 5.43 Å². The molecule has 0 aliphatic heterocycles. The van der Waals surface area contributed by atoms with Crippen molar-refractivity contribution < 1.29 is 9.53 Å². The van der Waals surface area contributed by atoms with Crippen molar-refractivity contribution in [2.24, 2.45) is 5.10 Å². The number of hydrazone groups is 1. The molecule has 1 N–H and O–H groups in total. The Morgan fingerprint density at radius 2 is 1.79 bits per heavy atom. The van der Waals surface area contributed by atoms with Crippen LogP contribution in [-0.4, -0.2) is 18.7 Å². The molecule has 4 nitrogen and oxygen atoms in total. The smallest absolute Gasteiger partial charge is 0.277 e. The van der Waals surface area contributed by atoms with Crippen LogP contribution in [0.4, 0.5) is 0 Å². The molecular weight excluding hydrogens is 415 g/mol. The summed E-state index contributed by atoms with van der Waals surface area (Å²) in [5, 5.41) is 6.03. The molecule has 0 aromatic heterocycles. The van der Waals surface area contributed by atoms with Crippen molar-refractivity contribution in [2.45, 2.75) is 0 Å². The second-order valence-electron chi connectivity index (χ2n) is 5.08. The molecule has 120 valence electrons. The lowest BCUT2D eigenvalue weighted by atomic mass is 10.1. The number of rotatable bonds is 5. The molecule has 3 aromatic carbocycles. The van der Waals surface area contributed by atoms with Gasteiger partial charge in [0.2, 0.25) is 0 Å². The zero-order chi connectivity index (χ0) is 16.8. The van der Waals surface area contributed by atoms with Crippen molar-refractivity contribution >= 4 is 45.5 Å². The maximum Gasteiger partial charge on any atom is 0.277 e. The number of nitrogens with zero attached hydrogens (tertiary/aromatic N) is 1. The first-order valence-electron chi connectivity index (χ1n) is 7.41. The van der Waals surface area contributed by atoms with Crippen LogP contribution in [0.25, 0.3) is 10.8 Å². The Balaban J connectivity index is 1.58. The highest BCUT2D eigenvalue weighted by Gasteiger charge is 2.05. The summed E-state index contributed by atoms with van der Waals surface area (Å²) >= 11 is 2.22. The summed E-state index contributed by atoms with van der Waals surface area (Å²) < 4.78 is 6.69. The highest BCUT2D eigenvalue weighted by Crippen LogP contribution is 2.24. The lowest BCUT2D eigenvalue weighted by Gasteiger charge is -2.08. The predicted molar refractivity (Wildman–Crippen MR) is 104 cm³/mol. The molecule has 0 radical (unpaired) electrons. The number of carbonyl (C=O) groups excluding carboxylic acids is 1. The number of halogens is 1. The van der Waals surface area contributed by atoms with E-state index in [1.165, 1.54) is 0 Å². The van der Waals surface area contributed by atoms with Crippen molar-refractivity contribution in [2.75, 3.05) is 6.61 Å². The molecule has 0 saturated heterocycles. The quantitative estimate of drug-likeness (QED) is 0.379. The van der Waals surface area contributed by atoms with Crippen LogP contribution >= 0.6 is 22.6 Å². The van der Waals surface area contributed by atoms with Crippen LogP contribution in [0.5, 0.6) is 5.75 Å². The Morgan fingerprint density at radius 1 is 1.04 bits per heavy atom. The molecule has 24 heavy (non-hydrogen) atoms. The van der Waals surface area contributed by atoms with Crippen molar-refractivity contribution in [1.29, 1.82) is 0 Å². The molecule has 0 aliphatic carbocycles. The van der Waals surface area contributed by atoms with Gasteiger partial charge in [0.1, 0.15) is 5.75 Å². The Kier molecular flexibility index (Phi) is 5.43. The summed E-state index contributed by atoms with van der Waals surface area (Å²) in [6, 6.07) is 21.5. The maximum absolute atomic E-state index is 11.9. The zero-order valence-electron chi connectivity index (χ0n) is 12.8. The van der Waals surface area contributed by atoms with Gasteiger partial charge in [0, 0.05) is 14.5 Å². The van der Waals surface area contributed by atoms with Gasteiger partial charge in [-0.3, -0.25) is 4.79 Å². The molecule has 0 saturated carbocycles. The molecule has 3 aromatic rings. The molecule has 0 bridgehead atoms. The number of hydrogen-bond donors (Lipinski definition) is 1. The average molecular weight is 430 g/mol. The van der Waals surface area contributed by atoms with Crippen LogP contribution in [-0.2, 0) is 4.79 Å². The lowest BCUT2D eigenvalue weighted by molar-refractivity contribution is -0.123. The Morgan fingerprint density at radius 3 is 2.67 bits per heavy atom. The predicted octanol–water partition coefficient (Wildman–Crippen LogP) is 3.97. The van der Waals surface area contributed by atoms with E-state index in [-0.39, 0.29) is 12.5 Å². The van der Waals surface area contributed by atoms with Gasteiger partial charge >= 0.3 is 0 Å². The van der Waals surface area contributed by atoms with Gasteiger partial charge in [-0.15, -0.1) is 0 Å². The minimum absolute atomic E-state index is 0.0861. The van der Waals surface area contributed by atoms with Gasteiger partial charge in [-0.1, -0.05) is 54.6 Å². The summed E-state index contributed by atoms with van der Waals surface area (Å²) in [5.74, 6) is 0.384. The van der Waals surface area contributed by atoms with E-state index in [1.807, 2.05) is 66.7 Å². The zero-order valence-corrected chi connectivity index (χ0v) is 14.9. The first kappa shape index (κ1) is 16.4. The fourth-order valence-corrected chi connectivity index (χ4v) is 2.78. The minimum atomic E-state index is -0.301. The minimum Gasteiger partial charge on any atom is -0.483 e. The molecular formula is C19H15IN2O2. The first-order valence-corrected chi connectivity index (χ1v) is 8.49. The second-order valence-corrected chi connectivity index (χ2v) is 6.24. The van der Waals surface area contributed by atoms with Crippen LogP contribution in [0.1, 0.15) is 5.56 Å². The highest BCUT2D eigenvalue weighted by molar-refractivity contribution is 14.1. The van der Waals surface area contributed by atoms with Gasteiger partial charge in [-0.05, 0) is 40.1 Å². The lowest BCUT2D eigenvalue weighted by Crippen LogP contribution is -2.24. The largest absolute Gasteiger partial charge is 0.483 e. The van der Waals surface area contributed by atoms with Crippen LogP contribution in [0.2, 0.25) is 0 Å². The number of benzene rings is 3. The molecule has 0 spiro atoms. The van der Waals surface area contributed by atoms with Crippen molar-refractivity contribution in [3.05, 3.63) is 75.9 Å². The number of carbonyl (C=O) groups is 1. The fourth-order valence-electron chi connectivity index (χ4n) is 2.25. The average Bonchev–Trinajstić information content (AvgIpc) is 2.61. The van der Waals surface area contributed by atoms with Crippen molar-refractivity contribution in [3.8, 4) is 5.75 Å². The third kappa shape index (κ3) is 4.11. The second kappa shape index (κ2) is 7.92. The van der Waals surface area contributed by atoms with Crippen molar-refractivity contribution in [1.82, 2.24) is 5.43 Å². The van der Waals surface area contributed by atoms with Crippen LogP contribution < -0.4 is 10.2 Å². The fraction of sp³-hybridized carbons (Fsp3) is 0.0526. The van der Waals surface area contributed by atoms with Crippen LogP contribution in [0.3, 0.4) is 0 Å². The topological polar surface area (TPSA) is 50.7 Å². The van der Waals surface area contributed by atoms with E-state index >= 15 is 0 Å². The van der Waals surface area contributed by atoms with E-state index in [2.05, 4.69) is 33.1 Å². The van der Waals surface area contributed by atoms with Crippen molar-refractivity contribution in [3.63, 3.8) is 0 Å².